The van der Waals surface area contributed by atoms with Crippen LogP contribution < -0.4 is 10.6 Å². The largest absolute Gasteiger partial charge is 0.457 e. The van der Waals surface area contributed by atoms with Crippen molar-refractivity contribution in [2.45, 2.75) is 0 Å². The van der Waals surface area contributed by atoms with Gasteiger partial charge in [-0.1, -0.05) is 29.3 Å². The molecule has 1 fully saturated rings. The molecule has 7 heteroatoms. The van der Waals surface area contributed by atoms with Gasteiger partial charge in [0.2, 0.25) is 0 Å². The van der Waals surface area contributed by atoms with Gasteiger partial charge in [0.05, 0.1) is 15.6 Å². The van der Waals surface area contributed by atoms with Crippen LogP contribution in [0.1, 0.15) is 5.76 Å². The van der Waals surface area contributed by atoms with Gasteiger partial charge >= 0.3 is 0 Å². The van der Waals surface area contributed by atoms with Gasteiger partial charge in [-0.05, 0) is 36.5 Å². The SMILES string of the molecule is O=C1NC(=S)NC1=Cc1ccc(-c2c(Cl)cccc2Cl)o1. The van der Waals surface area contributed by atoms with E-state index in [2.05, 4.69) is 10.6 Å². The van der Waals surface area contributed by atoms with Crippen LogP contribution in [-0.2, 0) is 4.79 Å². The number of hydrogen-bond acceptors (Lipinski definition) is 3. The van der Waals surface area contributed by atoms with Gasteiger partial charge in [0.25, 0.3) is 5.91 Å². The summed E-state index contributed by atoms with van der Waals surface area (Å²) in [5.74, 6) is 0.718. The fourth-order valence-electron chi connectivity index (χ4n) is 1.92. The first-order valence-electron chi connectivity index (χ1n) is 5.93. The van der Waals surface area contributed by atoms with Crippen LogP contribution in [-0.4, -0.2) is 11.0 Å². The van der Waals surface area contributed by atoms with E-state index >= 15 is 0 Å². The van der Waals surface area contributed by atoms with Gasteiger partial charge in [-0.2, -0.15) is 0 Å². The van der Waals surface area contributed by atoms with Crippen molar-refractivity contribution in [3.05, 3.63) is 51.8 Å². The van der Waals surface area contributed by atoms with Crippen LogP contribution in [0, 0.1) is 0 Å². The molecule has 1 aliphatic rings. The molecule has 1 saturated heterocycles. The molecule has 3 rings (SSSR count). The van der Waals surface area contributed by atoms with Crippen molar-refractivity contribution in [3.8, 4) is 11.3 Å². The number of rotatable bonds is 2. The smallest absolute Gasteiger partial charge is 0.274 e. The molecule has 1 aliphatic heterocycles. The van der Waals surface area contributed by atoms with Crippen molar-refractivity contribution in [2.24, 2.45) is 0 Å². The van der Waals surface area contributed by atoms with Gasteiger partial charge < -0.3 is 9.73 Å². The number of halogens is 2. The quantitative estimate of drug-likeness (QED) is 0.648. The lowest BCUT2D eigenvalue weighted by Gasteiger charge is -2.02. The minimum absolute atomic E-state index is 0.271. The van der Waals surface area contributed by atoms with E-state index in [1.807, 2.05) is 0 Å². The number of thiocarbonyl (C=S) groups is 1. The van der Waals surface area contributed by atoms with E-state index in [1.165, 1.54) is 0 Å². The zero-order chi connectivity index (χ0) is 15.0. The highest BCUT2D eigenvalue weighted by molar-refractivity contribution is 7.80. The highest BCUT2D eigenvalue weighted by Crippen LogP contribution is 2.35. The van der Waals surface area contributed by atoms with Crippen molar-refractivity contribution in [2.75, 3.05) is 0 Å². The van der Waals surface area contributed by atoms with Crippen LogP contribution in [0.5, 0.6) is 0 Å². The predicted molar refractivity (Wildman–Crippen MR) is 86.0 cm³/mol. The molecule has 0 radical (unpaired) electrons. The molecule has 0 bridgehead atoms. The van der Waals surface area contributed by atoms with Crippen molar-refractivity contribution in [3.63, 3.8) is 0 Å². The van der Waals surface area contributed by atoms with Gasteiger partial charge in [-0.15, -0.1) is 0 Å². The molecular formula is C14H8Cl2N2O2S. The molecule has 2 aromatic rings. The van der Waals surface area contributed by atoms with E-state index in [9.17, 15) is 4.79 Å². The van der Waals surface area contributed by atoms with Crippen LogP contribution in [0.25, 0.3) is 17.4 Å². The topological polar surface area (TPSA) is 54.3 Å². The number of hydrogen-bond donors (Lipinski definition) is 2. The maximum absolute atomic E-state index is 11.6. The Morgan fingerprint density at radius 3 is 2.43 bits per heavy atom. The lowest BCUT2D eigenvalue weighted by Crippen LogP contribution is -2.21. The molecule has 0 atom stereocenters. The average molecular weight is 339 g/mol. The first-order chi connectivity index (χ1) is 10.0. The summed E-state index contributed by atoms with van der Waals surface area (Å²) in [6, 6.07) is 8.68. The van der Waals surface area contributed by atoms with Crippen LogP contribution >= 0.6 is 35.4 Å². The maximum atomic E-state index is 11.6. The molecule has 0 aliphatic carbocycles. The second-order valence-corrected chi connectivity index (χ2v) is 5.49. The Hall–Kier alpha value is -1.82. The van der Waals surface area contributed by atoms with Gasteiger partial charge in [0.15, 0.2) is 5.11 Å². The van der Waals surface area contributed by atoms with Crippen molar-refractivity contribution >= 4 is 52.5 Å². The second-order valence-electron chi connectivity index (χ2n) is 4.26. The molecule has 0 saturated carbocycles. The standard InChI is InChI=1S/C14H8Cl2N2O2S/c15-8-2-1-3-9(16)12(8)11-5-4-7(20-11)6-10-13(19)18-14(21)17-10/h1-6H,(H2,17,18,19,21). The number of furan rings is 1. The predicted octanol–water partition coefficient (Wildman–Crippen LogP) is 3.60. The molecule has 1 amide bonds. The average Bonchev–Trinajstić information content (AvgIpc) is 2.97. The molecule has 1 aromatic heterocycles. The first kappa shape index (κ1) is 14.1. The van der Waals surface area contributed by atoms with E-state index in [4.69, 9.17) is 39.8 Å². The minimum atomic E-state index is -0.297. The molecule has 0 unspecified atom stereocenters. The molecular weight excluding hydrogens is 331 g/mol. The molecule has 2 N–H and O–H groups in total. The summed E-state index contributed by atoms with van der Waals surface area (Å²) in [5, 5.41) is 6.48. The van der Waals surface area contributed by atoms with Crippen LogP contribution in [0.4, 0.5) is 0 Å². The highest BCUT2D eigenvalue weighted by atomic mass is 35.5. The van der Waals surface area contributed by atoms with E-state index in [1.54, 1.807) is 36.4 Å². The zero-order valence-electron chi connectivity index (χ0n) is 10.4. The summed E-state index contributed by atoms with van der Waals surface area (Å²) in [7, 11) is 0. The summed E-state index contributed by atoms with van der Waals surface area (Å²) in [4.78, 5) is 11.6. The Morgan fingerprint density at radius 2 is 1.81 bits per heavy atom. The zero-order valence-corrected chi connectivity index (χ0v) is 12.8. The fraction of sp³-hybridized carbons (Fsp3) is 0. The van der Waals surface area contributed by atoms with E-state index in [0.29, 0.717) is 32.8 Å². The Balaban J connectivity index is 1.96. The number of amides is 1. The third-order valence-corrected chi connectivity index (χ3v) is 3.68. The molecule has 4 nitrogen and oxygen atoms in total. The fourth-order valence-corrected chi connectivity index (χ4v) is 2.71. The van der Waals surface area contributed by atoms with Crippen LogP contribution in [0.3, 0.4) is 0 Å². The third kappa shape index (κ3) is 2.81. The highest BCUT2D eigenvalue weighted by Gasteiger charge is 2.21. The van der Waals surface area contributed by atoms with Crippen molar-refractivity contribution in [1.29, 1.82) is 0 Å². The van der Waals surface area contributed by atoms with Gasteiger partial charge in [-0.3, -0.25) is 10.1 Å². The normalized spacial score (nSPS) is 16.2. The second kappa shape index (κ2) is 5.52. The van der Waals surface area contributed by atoms with Crippen molar-refractivity contribution < 1.29 is 9.21 Å². The first-order valence-corrected chi connectivity index (χ1v) is 7.09. The van der Waals surface area contributed by atoms with Crippen LogP contribution in [0.15, 0.2) is 40.4 Å². The maximum Gasteiger partial charge on any atom is 0.274 e. The van der Waals surface area contributed by atoms with E-state index < -0.39 is 0 Å². The molecule has 2 heterocycles. The third-order valence-electron chi connectivity index (χ3n) is 2.84. The molecule has 1 aromatic carbocycles. The number of benzene rings is 1. The summed E-state index contributed by atoms with van der Waals surface area (Å²) in [6.45, 7) is 0. The summed E-state index contributed by atoms with van der Waals surface area (Å²) < 4.78 is 5.67. The minimum Gasteiger partial charge on any atom is -0.457 e. The van der Waals surface area contributed by atoms with Crippen molar-refractivity contribution in [1.82, 2.24) is 10.6 Å². The number of carbonyl (C=O) groups is 1. The van der Waals surface area contributed by atoms with E-state index in [-0.39, 0.29) is 11.0 Å². The van der Waals surface area contributed by atoms with Gasteiger partial charge in [-0.25, -0.2) is 0 Å². The Labute approximate surface area is 135 Å². The number of nitrogens with one attached hydrogen (secondary N) is 2. The Bertz CT molecular complexity index is 763. The Kier molecular flexibility index (Phi) is 3.71. The summed E-state index contributed by atoms with van der Waals surface area (Å²) in [5.41, 5.74) is 0.941. The molecule has 21 heavy (non-hydrogen) atoms. The molecule has 0 spiro atoms. The number of carbonyl (C=O) groups excluding carboxylic acids is 1. The van der Waals surface area contributed by atoms with Gasteiger partial charge in [0.1, 0.15) is 17.2 Å². The molecule has 106 valence electrons. The lowest BCUT2D eigenvalue weighted by molar-refractivity contribution is -0.115. The lowest BCUT2D eigenvalue weighted by atomic mass is 10.2. The summed E-state index contributed by atoms with van der Waals surface area (Å²) in [6.07, 6.45) is 1.56. The van der Waals surface area contributed by atoms with Crippen LogP contribution in [0.2, 0.25) is 10.0 Å². The monoisotopic (exact) mass is 338 g/mol. The van der Waals surface area contributed by atoms with Gasteiger partial charge in [0, 0.05) is 6.08 Å². The van der Waals surface area contributed by atoms with E-state index in [0.717, 1.165) is 0 Å². The summed E-state index contributed by atoms with van der Waals surface area (Å²) >= 11 is 17.1. The Morgan fingerprint density at radius 1 is 1.10 bits per heavy atom.